The van der Waals surface area contributed by atoms with E-state index in [4.69, 9.17) is 4.74 Å². The topological polar surface area (TPSA) is 9.23 Å². The molecule has 0 aromatic carbocycles. The fraction of sp³-hybridized carbons (Fsp3) is 0.947. The van der Waals surface area contributed by atoms with Gasteiger partial charge in [-0.15, -0.1) is 0 Å². The fourth-order valence-corrected chi connectivity index (χ4v) is 2.55. The lowest BCUT2D eigenvalue weighted by Crippen LogP contribution is -1.95. The van der Waals surface area contributed by atoms with Crippen LogP contribution in [0.25, 0.3) is 0 Å². The van der Waals surface area contributed by atoms with Crippen molar-refractivity contribution in [2.45, 2.75) is 97.3 Å². The first kappa shape index (κ1) is 20.0. The molecule has 0 N–H and O–H groups in total. The molecular formula is C19H39O. The summed E-state index contributed by atoms with van der Waals surface area (Å²) in [5.74, 6) is 0.888. The number of ether oxygens (including phenoxy) is 1. The van der Waals surface area contributed by atoms with Crippen LogP contribution in [0.5, 0.6) is 0 Å². The van der Waals surface area contributed by atoms with Crippen LogP contribution in [0, 0.1) is 12.8 Å². The van der Waals surface area contributed by atoms with Crippen LogP contribution in [-0.2, 0) is 4.74 Å². The van der Waals surface area contributed by atoms with Crippen LogP contribution in [0.3, 0.4) is 0 Å². The minimum absolute atomic E-state index is 0.831. The summed E-state index contributed by atoms with van der Waals surface area (Å²) in [5.41, 5.74) is 0. The van der Waals surface area contributed by atoms with Gasteiger partial charge in [0.2, 0.25) is 0 Å². The molecule has 121 valence electrons. The van der Waals surface area contributed by atoms with Crippen LogP contribution < -0.4 is 0 Å². The van der Waals surface area contributed by atoms with E-state index >= 15 is 0 Å². The van der Waals surface area contributed by atoms with Crippen LogP contribution in [0.15, 0.2) is 0 Å². The summed E-state index contributed by atoms with van der Waals surface area (Å²) in [7, 11) is 0. The van der Waals surface area contributed by atoms with E-state index in [9.17, 15) is 0 Å². The van der Waals surface area contributed by atoms with E-state index in [0.717, 1.165) is 25.6 Å². The fourth-order valence-electron chi connectivity index (χ4n) is 2.55. The molecule has 0 aromatic heterocycles. The molecule has 1 radical (unpaired) electrons. The third-order valence-corrected chi connectivity index (χ3v) is 3.86. The van der Waals surface area contributed by atoms with Crippen LogP contribution in [-0.4, -0.2) is 13.2 Å². The van der Waals surface area contributed by atoms with Gasteiger partial charge in [0.1, 0.15) is 0 Å². The summed E-state index contributed by atoms with van der Waals surface area (Å²) in [6.07, 6.45) is 17.8. The summed E-state index contributed by atoms with van der Waals surface area (Å²) in [6.45, 7) is 10.2. The minimum Gasteiger partial charge on any atom is -0.381 e. The van der Waals surface area contributed by atoms with Crippen LogP contribution in [0.4, 0.5) is 0 Å². The molecule has 0 saturated heterocycles. The number of unbranched alkanes of at least 4 members (excludes halogenated alkanes) is 10. The zero-order valence-electron chi connectivity index (χ0n) is 14.3. The summed E-state index contributed by atoms with van der Waals surface area (Å²) in [5, 5.41) is 0. The largest absolute Gasteiger partial charge is 0.381 e. The molecule has 1 nitrogen and oxygen atoms in total. The average Bonchev–Trinajstić information content (AvgIpc) is 2.43. The molecule has 0 saturated carbocycles. The van der Waals surface area contributed by atoms with Crippen molar-refractivity contribution in [2.75, 3.05) is 13.2 Å². The lowest BCUT2D eigenvalue weighted by atomic mass is 10.0. The quantitative estimate of drug-likeness (QED) is 0.291. The van der Waals surface area contributed by atoms with E-state index in [1.807, 2.05) is 0 Å². The van der Waals surface area contributed by atoms with Crippen molar-refractivity contribution in [1.29, 1.82) is 0 Å². The second kappa shape index (κ2) is 17.0. The van der Waals surface area contributed by atoms with Gasteiger partial charge in [0.15, 0.2) is 0 Å². The minimum atomic E-state index is 0.831. The van der Waals surface area contributed by atoms with Gasteiger partial charge in [0.05, 0.1) is 0 Å². The summed E-state index contributed by atoms with van der Waals surface area (Å²) < 4.78 is 5.43. The van der Waals surface area contributed by atoms with E-state index in [0.29, 0.717) is 0 Å². The monoisotopic (exact) mass is 283 g/mol. The van der Waals surface area contributed by atoms with Gasteiger partial charge in [0.25, 0.3) is 0 Å². The molecular weight excluding hydrogens is 244 g/mol. The summed E-state index contributed by atoms with van der Waals surface area (Å²) >= 11 is 0. The molecule has 0 aliphatic rings. The zero-order chi connectivity index (χ0) is 14.9. The van der Waals surface area contributed by atoms with Crippen molar-refractivity contribution < 1.29 is 4.74 Å². The van der Waals surface area contributed by atoms with E-state index in [1.54, 1.807) is 0 Å². The van der Waals surface area contributed by atoms with Crippen molar-refractivity contribution in [3.63, 3.8) is 0 Å². The Morgan fingerprint density at radius 2 is 1.10 bits per heavy atom. The molecule has 20 heavy (non-hydrogen) atoms. The predicted molar refractivity (Wildman–Crippen MR) is 91.0 cm³/mol. The van der Waals surface area contributed by atoms with Crippen molar-refractivity contribution in [1.82, 2.24) is 0 Å². The Balaban J connectivity index is 2.92. The SMILES string of the molecule is [CH2]CCOCCCCCCCCCCCCCC(C)C. The Hall–Kier alpha value is -0.0400. The Morgan fingerprint density at radius 3 is 1.55 bits per heavy atom. The smallest absolute Gasteiger partial charge is 0.0466 e. The van der Waals surface area contributed by atoms with Gasteiger partial charge in [-0.2, -0.15) is 0 Å². The van der Waals surface area contributed by atoms with Crippen LogP contribution >= 0.6 is 0 Å². The third kappa shape index (κ3) is 18.0. The maximum atomic E-state index is 5.43. The number of hydrogen-bond acceptors (Lipinski definition) is 1. The first-order valence-corrected chi connectivity index (χ1v) is 9.14. The van der Waals surface area contributed by atoms with Crippen LogP contribution in [0.2, 0.25) is 0 Å². The molecule has 0 heterocycles. The molecule has 0 atom stereocenters. The Morgan fingerprint density at radius 1 is 0.650 bits per heavy atom. The maximum absolute atomic E-state index is 5.43. The molecule has 0 aliphatic heterocycles. The molecule has 0 aliphatic carbocycles. The van der Waals surface area contributed by atoms with Crippen LogP contribution in [0.1, 0.15) is 97.3 Å². The number of rotatable bonds is 16. The standard InChI is InChI=1S/C19H39O/c1-4-17-20-18-15-13-11-9-7-5-6-8-10-12-14-16-19(2)3/h19H,1,4-18H2,2-3H3. The van der Waals surface area contributed by atoms with Gasteiger partial charge in [0, 0.05) is 13.2 Å². The van der Waals surface area contributed by atoms with Crippen molar-refractivity contribution in [2.24, 2.45) is 5.92 Å². The third-order valence-electron chi connectivity index (χ3n) is 3.86. The second-order valence-electron chi connectivity index (χ2n) is 6.54. The molecule has 0 fully saturated rings. The summed E-state index contributed by atoms with van der Waals surface area (Å²) in [4.78, 5) is 0. The van der Waals surface area contributed by atoms with Crippen molar-refractivity contribution in [3.8, 4) is 0 Å². The second-order valence-corrected chi connectivity index (χ2v) is 6.54. The zero-order valence-corrected chi connectivity index (χ0v) is 14.3. The highest BCUT2D eigenvalue weighted by Gasteiger charge is 1.95. The van der Waals surface area contributed by atoms with E-state index in [-0.39, 0.29) is 0 Å². The molecule has 0 rings (SSSR count). The van der Waals surface area contributed by atoms with Gasteiger partial charge in [-0.3, -0.25) is 0 Å². The molecule has 0 bridgehead atoms. The van der Waals surface area contributed by atoms with Gasteiger partial charge in [-0.05, 0) is 18.8 Å². The van der Waals surface area contributed by atoms with Gasteiger partial charge >= 0.3 is 0 Å². The molecule has 0 amide bonds. The highest BCUT2D eigenvalue weighted by atomic mass is 16.5. The van der Waals surface area contributed by atoms with E-state index < -0.39 is 0 Å². The maximum Gasteiger partial charge on any atom is 0.0466 e. The molecule has 0 aromatic rings. The first-order valence-electron chi connectivity index (χ1n) is 9.14. The highest BCUT2D eigenvalue weighted by molar-refractivity contribution is 4.50. The van der Waals surface area contributed by atoms with E-state index in [2.05, 4.69) is 20.8 Å². The highest BCUT2D eigenvalue weighted by Crippen LogP contribution is 2.13. The molecule has 0 spiro atoms. The Bertz CT molecular complexity index is 165. The first-order chi connectivity index (χ1) is 9.77. The number of hydrogen-bond donors (Lipinski definition) is 0. The van der Waals surface area contributed by atoms with Crippen molar-refractivity contribution in [3.05, 3.63) is 6.92 Å². The lowest BCUT2D eigenvalue weighted by molar-refractivity contribution is 0.134. The van der Waals surface area contributed by atoms with Gasteiger partial charge in [-0.25, -0.2) is 0 Å². The molecule has 0 unspecified atom stereocenters. The van der Waals surface area contributed by atoms with Gasteiger partial charge in [-0.1, -0.05) is 91.4 Å². The van der Waals surface area contributed by atoms with E-state index in [1.165, 1.54) is 77.0 Å². The summed E-state index contributed by atoms with van der Waals surface area (Å²) in [6, 6.07) is 0. The van der Waals surface area contributed by atoms with Gasteiger partial charge < -0.3 is 4.74 Å². The Labute approximate surface area is 128 Å². The van der Waals surface area contributed by atoms with Crippen molar-refractivity contribution >= 4 is 0 Å². The predicted octanol–water partition coefficient (Wildman–Crippen LogP) is 6.56. The molecule has 1 heteroatoms. The Kier molecular flexibility index (Phi) is 17.0. The normalized spacial score (nSPS) is 11.4. The average molecular weight is 284 g/mol. The lowest BCUT2D eigenvalue weighted by Gasteiger charge is -2.05.